The molecule has 27 heavy (non-hydrogen) atoms. The van der Waals surface area contributed by atoms with Gasteiger partial charge in [0.15, 0.2) is 0 Å². The van der Waals surface area contributed by atoms with Gasteiger partial charge >= 0.3 is 0 Å². The first-order valence-electron chi connectivity index (χ1n) is 9.70. The van der Waals surface area contributed by atoms with Gasteiger partial charge in [0.1, 0.15) is 5.75 Å². The van der Waals surface area contributed by atoms with E-state index in [1.807, 2.05) is 48.5 Å². The van der Waals surface area contributed by atoms with Crippen molar-refractivity contribution in [3.63, 3.8) is 0 Å². The molecule has 0 fully saturated rings. The summed E-state index contributed by atoms with van der Waals surface area (Å²) in [7, 11) is 0. The molecule has 3 rings (SSSR count). The van der Waals surface area contributed by atoms with Crippen LogP contribution in [0.25, 0.3) is 0 Å². The molecule has 2 heteroatoms. The molecule has 0 amide bonds. The second-order valence-electron chi connectivity index (χ2n) is 6.91. The van der Waals surface area contributed by atoms with Gasteiger partial charge in [-0.1, -0.05) is 86.6 Å². The predicted molar refractivity (Wildman–Crippen MR) is 111 cm³/mol. The smallest absolute Gasteiger partial charge is 0.204 e. The first kappa shape index (κ1) is 19.2. The Morgan fingerprint density at radius 3 is 1.93 bits per heavy atom. The fourth-order valence-electron chi connectivity index (χ4n) is 2.97. The second-order valence-corrected chi connectivity index (χ2v) is 6.91. The van der Waals surface area contributed by atoms with Crippen molar-refractivity contribution in [1.29, 1.82) is 0 Å². The molecule has 0 aromatic heterocycles. The molecule has 0 aliphatic heterocycles. The molecule has 3 aromatic carbocycles. The highest BCUT2D eigenvalue weighted by Crippen LogP contribution is 2.23. The van der Waals surface area contributed by atoms with Crippen LogP contribution < -0.4 is 4.74 Å². The molecule has 0 aliphatic rings. The van der Waals surface area contributed by atoms with E-state index in [-0.39, 0.29) is 6.29 Å². The van der Waals surface area contributed by atoms with E-state index in [0.717, 1.165) is 17.7 Å². The van der Waals surface area contributed by atoms with Crippen molar-refractivity contribution < 1.29 is 9.47 Å². The molecular formula is C25H28O2. The van der Waals surface area contributed by atoms with E-state index in [1.165, 1.54) is 11.1 Å². The van der Waals surface area contributed by atoms with Crippen molar-refractivity contribution in [2.24, 2.45) is 0 Å². The summed E-state index contributed by atoms with van der Waals surface area (Å²) in [6, 6.07) is 28.9. The van der Waals surface area contributed by atoms with E-state index >= 15 is 0 Å². The van der Waals surface area contributed by atoms with Gasteiger partial charge in [-0.2, -0.15) is 0 Å². The molecular weight excluding hydrogens is 332 g/mol. The highest BCUT2D eigenvalue weighted by molar-refractivity contribution is 5.29. The van der Waals surface area contributed by atoms with Crippen LogP contribution in [0.4, 0.5) is 0 Å². The van der Waals surface area contributed by atoms with Gasteiger partial charge in [-0.15, -0.1) is 0 Å². The minimum absolute atomic E-state index is 0.331. The van der Waals surface area contributed by atoms with Crippen molar-refractivity contribution in [1.82, 2.24) is 0 Å². The van der Waals surface area contributed by atoms with Crippen LogP contribution in [-0.2, 0) is 17.8 Å². The Balaban J connectivity index is 1.68. The minimum Gasteiger partial charge on any atom is -0.465 e. The van der Waals surface area contributed by atoms with E-state index in [0.29, 0.717) is 18.9 Å². The van der Waals surface area contributed by atoms with Crippen molar-refractivity contribution in [2.45, 2.75) is 45.5 Å². The quantitative estimate of drug-likeness (QED) is 0.413. The second kappa shape index (κ2) is 9.94. The summed E-state index contributed by atoms with van der Waals surface area (Å²) in [6.45, 7) is 4.99. The van der Waals surface area contributed by atoms with E-state index < -0.39 is 0 Å². The van der Waals surface area contributed by atoms with Gasteiger partial charge < -0.3 is 9.47 Å². The van der Waals surface area contributed by atoms with E-state index in [9.17, 15) is 0 Å². The first-order chi connectivity index (χ1) is 13.2. The Bertz CT molecular complexity index is 782. The van der Waals surface area contributed by atoms with Crippen molar-refractivity contribution in [3.8, 4) is 5.75 Å². The molecule has 3 aromatic rings. The maximum Gasteiger partial charge on any atom is 0.204 e. The summed E-state index contributed by atoms with van der Waals surface area (Å²) < 4.78 is 12.3. The zero-order chi connectivity index (χ0) is 18.9. The molecule has 2 atom stereocenters. The maximum atomic E-state index is 6.19. The number of rotatable bonds is 9. The number of hydrogen-bond donors (Lipinski definition) is 0. The van der Waals surface area contributed by atoms with E-state index in [4.69, 9.17) is 9.47 Å². The number of benzene rings is 3. The molecule has 0 aliphatic carbocycles. The minimum atomic E-state index is -0.331. The van der Waals surface area contributed by atoms with Crippen LogP contribution in [0.3, 0.4) is 0 Å². The highest BCUT2D eigenvalue weighted by Gasteiger charge is 2.13. The largest absolute Gasteiger partial charge is 0.465 e. The fourth-order valence-corrected chi connectivity index (χ4v) is 2.97. The molecule has 0 radical (unpaired) electrons. The lowest BCUT2D eigenvalue weighted by atomic mass is 9.99. The lowest BCUT2D eigenvalue weighted by Gasteiger charge is -2.20. The lowest BCUT2D eigenvalue weighted by Crippen LogP contribution is -2.23. The van der Waals surface area contributed by atoms with Crippen LogP contribution in [0.15, 0.2) is 84.9 Å². The molecule has 0 heterocycles. The summed E-state index contributed by atoms with van der Waals surface area (Å²) in [5.41, 5.74) is 3.69. The Labute approximate surface area is 162 Å². The predicted octanol–water partition coefficient (Wildman–Crippen LogP) is 6.36. The zero-order valence-corrected chi connectivity index (χ0v) is 16.2. The van der Waals surface area contributed by atoms with Crippen LogP contribution >= 0.6 is 0 Å². The average Bonchev–Trinajstić information content (AvgIpc) is 2.73. The summed E-state index contributed by atoms with van der Waals surface area (Å²) in [4.78, 5) is 0. The van der Waals surface area contributed by atoms with E-state index in [1.54, 1.807) is 0 Å². The normalized spacial score (nSPS) is 13.1. The highest BCUT2D eigenvalue weighted by atomic mass is 16.7. The summed E-state index contributed by atoms with van der Waals surface area (Å²) in [5, 5.41) is 0. The topological polar surface area (TPSA) is 18.5 Å². The van der Waals surface area contributed by atoms with Gasteiger partial charge in [0.05, 0.1) is 6.61 Å². The van der Waals surface area contributed by atoms with Crippen LogP contribution in [0.1, 0.15) is 42.9 Å². The third-order valence-corrected chi connectivity index (χ3v) is 4.85. The van der Waals surface area contributed by atoms with Gasteiger partial charge in [0.25, 0.3) is 0 Å². The summed E-state index contributed by atoms with van der Waals surface area (Å²) >= 11 is 0. The Morgan fingerprint density at radius 2 is 1.33 bits per heavy atom. The lowest BCUT2D eigenvalue weighted by molar-refractivity contribution is -0.0880. The average molecular weight is 360 g/mol. The monoisotopic (exact) mass is 360 g/mol. The SMILES string of the molecule is CCC(C)c1ccc(OC(Cc2ccccc2)OCc2ccccc2)cc1. The standard InChI is InChI=1S/C25H28O2/c1-3-20(2)23-14-16-24(17-15-23)27-25(18-21-10-6-4-7-11-21)26-19-22-12-8-5-9-13-22/h4-17,20,25H,3,18-19H2,1-2H3. The molecule has 0 saturated heterocycles. The van der Waals surface area contributed by atoms with Gasteiger partial charge in [-0.25, -0.2) is 0 Å². The number of ether oxygens (including phenoxy) is 2. The third kappa shape index (κ3) is 5.97. The summed E-state index contributed by atoms with van der Waals surface area (Å²) in [6.07, 6.45) is 1.51. The van der Waals surface area contributed by atoms with Crippen LogP contribution in [0.2, 0.25) is 0 Å². The number of hydrogen-bond acceptors (Lipinski definition) is 2. The van der Waals surface area contributed by atoms with Gasteiger partial charge in [0, 0.05) is 6.42 Å². The molecule has 0 spiro atoms. The fraction of sp³-hybridized carbons (Fsp3) is 0.280. The van der Waals surface area contributed by atoms with Crippen molar-refractivity contribution in [2.75, 3.05) is 0 Å². The van der Waals surface area contributed by atoms with Crippen LogP contribution in [0, 0.1) is 0 Å². The van der Waals surface area contributed by atoms with E-state index in [2.05, 4.69) is 50.2 Å². The molecule has 140 valence electrons. The Kier molecular flexibility index (Phi) is 7.06. The zero-order valence-electron chi connectivity index (χ0n) is 16.2. The molecule has 2 nitrogen and oxygen atoms in total. The van der Waals surface area contributed by atoms with Gasteiger partial charge in [-0.05, 0) is 41.2 Å². The Morgan fingerprint density at radius 1 is 0.741 bits per heavy atom. The summed E-state index contributed by atoms with van der Waals surface area (Å²) in [5.74, 6) is 1.41. The van der Waals surface area contributed by atoms with Gasteiger partial charge in [-0.3, -0.25) is 0 Å². The molecule has 2 unspecified atom stereocenters. The Hall–Kier alpha value is -2.58. The molecule has 0 bridgehead atoms. The first-order valence-corrected chi connectivity index (χ1v) is 9.70. The van der Waals surface area contributed by atoms with Crippen molar-refractivity contribution >= 4 is 0 Å². The maximum absolute atomic E-state index is 6.19. The van der Waals surface area contributed by atoms with Crippen LogP contribution in [-0.4, -0.2) is 6.29 Å². The van der Waals surface area contributed by atoms with Crippen molar-refractivity contribution in [3.05, 3.63) is 102 Å². The third-order valence-electron chi connectivity index (χ3n) is 4.85. The molecule has 0 saturated carbocycles. The van der Waals surface area contributed by atoms with Gasteiger partial charge in [0.2, 0.25) is 6.29 Å². The van der Waals surface area contributed by atoms with Crippen LogP contribution in [0.5, 0.6) is 5.75 Å². The molecule has 0 N–H and O–H groups in total.